The third-order valence-electron chi connectivity index (χ3n) is 0. The first-order valence-corrected chi connectivity index (χ1v) is 6.21. The second-order valence-electron chi connectivity index (χ2n) is 0.378. The summed E-state index contributed by atoms with van der Waals surface area (Å²) in [4.78, 5) is 0. The monoisotopic (exact) mass is 484 g/mol. The molecule has 0 radical (unpaired) electrons. The second-order valence-corrected chi connectivity index (χ2v) is 2.54. The van der Waals surface area contributed by atoms with Gasteiger partial charge in [0.15, 0.2) is 0 Å². The van der Waals surface area contributed by atoms with Gasteiger partial charge in [0.05, 0.1) is 0 Å². The van der Waals surface area contributed by atoms with Gasteiger partial charge in [-0.1, -0.05) is 0 Å². The molecule has 0 aromatic carbocycles. The van der Waals surface area contributed by atoms with Crippen LogP contribution in [-0.2, 0) is 38.4 Å². The van der Waals surface area contributed by atoms with Gasteiger partial charge in [-0.2, -0.15) is 0 Å². The second kappa shape index (κ2) is 37.4. The van der Waals surface area contributed by atoms with Crippen LogP contribution < -0.4 is 62.7 Å². The molecule has 0 aliphatic carbocycles. The van der Waals surface area contributed by atoms with Crippen molar-refractivity contribution in [3.63, 3.8) is 0 Å². The van der Waals surface area contributed by atoms with Crippen LogP contribution >= 0.6 is 0 Å². The third-order valence-corrected chi connectivity index (χ3v) is 0. The zero-order valence-electron chi connectivity index (χ0n) is 5.83. The Morgan fingerprint density at radius 3 is 0.462 bits per heavy atom. The van der Waals surface area contributed by atoms with Gasteiger partial charge in [0, 0.05) is 0 Å². The third kappa shape index (κ3) is 750. The number of hydrogen-bond donors (Lipinski definition) is 0. The molecule has 0 spiro atoms. The van der Waals surface area contributed by atoms with Gasteiger partial charge in [0.25, 0.3) is 42.1 Å². The van der Waals surface area contributed by atoms with Crippen LogP contribution in [0.5, 0.6) is 0 Å². The maximum atomic E-state index is 8.57. The molecule has 0 amide bonds. The van der Waals surface area contributed by atoms with E-state index in [-0.39, 0.29) is 38.4 Å². The maximum absolute atomic E-state index is 8.57. The predicted octanol–water partition coefficient (Wildman–Crippen LogP) is -16.8. The summed E-state index contributed by atoms with van der Waals surface area (Å²) in [5, 5.41) is 0. The van der Waals surface area contributed by atoms with Gasteiger partial charge >= 0.3 is 16.5 Å². The van der Waals surface area contributed by atoms with Crippen molar-refractivity contribution < 1.29 is 101 Å². The Labute approximate surface area is 100 Å². The van der Waals surface area contributed by atoms with Crippen LogP contribution in [0.2, 0.25) is 0 Å². The van der Waals surface area contributed by atoms with Crippen molar-refractivity contribution in [2.24, 2.45) is 0 Å². The molecule has 0 heterocycles. The Bertz CT molecular complexity index is 28.4. The van der Waals surface area contributed by atoms with Crippen LogP contribution in [0.15, 0.2) is 0 Å². The van der Waals surface area contributed by atoms with Gasteiger partial charge in [-0.25, -0.2) is 0 Å². The summed E-state index contributed by atoms with van der Waals surface area (Å²) in [6.45, 7) is 0. The topological polar surface area (TPSA) is 270 Å². The molecular weight excluding hydrogens is 472 g/mol. The number of hydrogen-bond acceptors (Lipinski definition) is 6. The van der Waals surface area contributed by atoms with Gasteiger partial charge in [-0.3, -0.25) is 0 Å². The summed E-state index contributed by atoms with van der Waals surface area (Å²) in [6, 6.07) is 0. The molecule has 10 nitrogen and oxygen atoms in total. The van der Waals surface area contributed by atoms with E-state index in [1.807, 2.05) is 0 Å². The Morgan fingerprint density at radius 2 is 0.462 bits per heavy atom. The predicted molar refractivity (Wildman–Crippen MR) is 19.5 cm³/mol. The molecule has 0 aliphatic rings. The Hall–Kier alpha value is 1.55. The fourth-order valence-corrected chi connectivity index (χ4v) is 0. The van der Waals surface area contributed by atoms with Gasteiger partial charge < -0.3 is 42.5 Å². The first-order valence-electron chi connectivity index (χ1n) is 0.926. The van der Waals surface area contributed by atoms with E-state index in [0.717, 1.165) is 0 Å². The summed E-state index contributed by atoms with van der Waals surface area (Å²) >= 11 is -8.03. The van der Waals surface area contributed by atoms with Crippen LogP contribution in [0.25, 0.3) is 0 Å². The molecule has 0 saturated carbocycles. The minimum absolute atomic E-state index is 0. The van der Waals surface area contributed by atoms with Crippen molar-refractivity contribution >= 4 is 0 Å². The molecule has 0 saturated heterocycles. The molecule has 0 aromatic heterocycles. The summed E-state index contributed by atoms with van der Waals surface area (Å²) in [5.41, 5.74) is 0. The largest absolute Gasteiger partial charge is 2.00 e. The first-order chi connectivity index (χ1) is 3.46. The molecule has 0 bridgehead atoms. The van der Waals surface area contributed by atoms with Crippen molar-refractivity contribution in [1.29, 1.82) is 0 Å². The minimum atomic E-state index is -4.01. The van der Waals surface area contributed by atoms with Crippen LogP contribution in [-0.4, -0.2) is 0 Å². The normalized spacial score (nSPS) is 5.54. The van der Waals surface area contributed by atoms with E-state index in [1.165, 1.54) is 0 Å². The van der Waals surface area contributed by atoms with Crippen LogP contribution in [0.3, 0.4) is 0 Å². The average molecular weight is 485 g/mol. The zero-order chi connectivity index (χ0) is 7.15. The van der Waals surface area contributed by atoms with Gasteiger partial charge in [-0.05, 0) is 0 Å². The van der Waals surface area contributed by atoms with Crippen LogP contribution in [0.1, 0.15) is 0 Å². The zero-order valence-corrected chi connectivity index (χ0v) is 11.1. The Kier molecular flexibility index (Phi) is 135. The molecule has 0 unspecified atom stereocenters. The van der Waals surface area contributed by atoms with Crippen LogP contribution in [0.4, 0.5) is 0 Å². The maximum Gasteiger partial charge on any atom is 2.00 e. The van der Waals surface area contributed by atoms with E-state index in [1.54, 1.807) is 0 Å². The Morgan fingerprint density at radius 1 is 0.462 bits per heavy atom. The smallest absolute Gasteiger partial charge is 0.457 e. The summed E-state index contributed by atoms with van der Waals surface area (Å²) in [5.74, 6) is 0. The Balaban J connectivity index is -0.00000000800. The van der Waals surface area contributed by atoms with Crippen molar-refractivity contribution in [2.45, 2.75) is 0 Å². The van der Waals surface area contributed by atoms with E-state index in [2.05, 4.69) is 0 Å². The molecule has 0 rings (SSSR count). The molecule has 0 aliphatic heterocycles. The molecule has 0 atom stereocenters. The van der Waals surface area contributed by atoms with Gasteiger partial charge in [0.1, 0.15) is 0 Å². The van der Waals surface area contributed by atoms with Crippen molar-refractivity contribution in [2.75, 3.05) is 0 Å². The van der Waals surface area contributed by atoms with E-state index in [0.29, 0.717) is 0 Å². The molecule has 0 aromatic rings. The van der Waals surface area contributed by atoms with E-state index < -0.39 is 42.1 Å². The minimum Gasteiger partial charge on any atom is -0.457 e. The van der Waals surface area contributed by atoms with Crippen molar-refractivity contribution in [3.05, 3.63) is 0 Å². The fraction of sp³-hybridized carbons (Fsp3) is 0. The molecule has 13 heavy (non-hydrogen) atoms. The summed E-state index contributed by atoms with van der Waals surface area (Å²) < 4.78 is 51.4. The van der Waals surface area contributed by atoms with E-state index >= 15 is 0 Å². The molecule has 92 valence electrons. The molecule has 0 fully saturated rings. The number of rotatable bonds is 0. The van der Waals surface area contributed by atoms with E-state index in [9.17, 15) is 0 Å². The quantitative estimate of drug-likeness (QED) is 0.183. The van der Waals surface area contributed by atoms with Crippen LogP contribution in [0, 0.1) is 0 Å². The van der Waals surface area contributed by atoms with Crippen molar-refractivity contribution in [1.82, 2.24) is 0 Å². The molecule has 12 N–H and O–H groups in total. The molecule has 13 heteroatoms. The summed E-state index contributed by atoms with van der Waals surface area (Å²) in [7, 11) is 0. The number of halogens is 2. The van der Waals surface area contributed by atoms with E-state index in [4.69, 9.17) is 20.6 Å². The SMILES string of the molecule is [Ni+2].[O-][I+2]([O-])[O-].[O-][I+2]([O-])[O-].[OH3+].[OH3+].[OH3+].[OH3+]. The summed E-state index contributed by atoms with van der Waals surface area (Å²) in [6.07, 6.45) is 0. The average Bonchev–Trinajstić information content (AvgIpc) is 1.25. The standard InChI is InChI=1S/2IO3.Ni.4H2O/c2*2-1(3)4;;;;;/h;;;4*1H2/q2*-1;+2;;;;/p+4. The molecular formula is H12I2NiO10+4. The first kappa shape index (κ1) is 46.9. The van der Waals surface area contributed by atoms with Gasteiger partial charge in [0.2, 0.25) is 0 Å². The van der Waals surface area contributed by atoms with Gasteiger partial charge in [-0.15, -0.1) is 0 Å². The van der Waals surface area contributed by atoms with Crippen molar-refractivity contribution in [3.8, 4) is 0 Å². The fourth-order valence-electron chi connectivity index (χ4n) is 0.